The molecular formula is C10H14FK. The van der Waals surface area contributed by atoms with Crippen LogP contribution in [0.4, 0.5) is 4.39 Å². The number of rotatable bonds is 0. The third-order valence-electron chi connectivity index (χ3n) is 1.46. The van der Waals surface area contributed by atoms with Gasteiger partial charge in [-0.3, -0.25) is 4.39 Å². The third-order valence-corrected chi connectivity index (χ3v) is 1.46. The van der Waals surface area contributed by atoms with Crippen LogP contribution in [0.25, 0.3) is 0 Å². The quantitative estimate of drug-likeness (QED) is 0.409. The van der Waals surface area contributed by atoms with Gasteiger partial charge in [0, 0.05) is 5.82 Å². The van der Waals surface area contributed by atoms with Crippen LogP contribution in [0.1, 0.15) is 25.0 Å². The predicted octanol–water partition coefficient (Wildman–Crippen LogP) is 0.273. The van der Waals surface area contributed by atoms with Crippen LogP contribution < -0.4 is 51.4 Å². The number of aryl methyl sites for hydroxylation is 1. The summed E-state index contributed by atoms with van der Waals surface area (Å²) < 4.78 is 12.5. The van der Waals surface area contributed by atoms with Gasteiger partial charge < -0.3 is 0 Å². The summed E-state index contributed by atoms with van der Waals surface area (Å²) >= 11 is 0. The fourth-order valence-electron chi connectivity index (χ4n) is 0.645. The fourth-order valence-corrected chi connectivity index (χ4v) is 0.645. The van der Waals surface area contributed by atoms with Crippen molar-refractivity contribution in [1.29, 1.82) is 0 Å². The summed E-state index contributed by atoms with van der Waals surface area (Å²) in [5, 5.41) is 0. The SMILES string of the molecule is CC.Cc1c[c-]cc(F)c1C.[K+]. The summed E-state index contributed by atoms with van der Waals surface area (Å²) in [5.74, 6) is -0.171. The fraction of sp³-hybridized carbons (Fsp3) is 0.400. The van der Waals surface area contributed by atoms with E-state index >= 15 is 0 Å². The molecule has 12 heavy (non-hydrogen) atoms. The maximum Gasteiger partial charge on any atom is 1.00 e. The van der Waals surface area contributed by atoms with Crippen LogP contribution in [-0.4, -0.2) is 0 Å². The van der Waals surface area contributed by atoms with Gasteiger partial charge in [0.1, 0.15) is 0 Å². The first-order valence-corrected chi connectivity index (χ1v) is 3.84. The first-order chi connectivity index (χ1) is 5.22. The zero-order valence-corrected chi connectivity index (χ0v) is 11.7. The zero-order chi connectivity index (χ0) is 8.85. The summed E-state index contributed by atoms with van der Waals surface area (Å²) in [4.78, 5) is 0. The smallest absolute Gasteiger partial charge is 0.284 e. The standard InChI is InChI=1S/C8H8F.C2H6.K/c1-6-4-3-5-8(9)7(6)2;1-2;/h4-5H,1-2H3;1-2H3;/q-1;;+1. The first-order valence-electron chi connectivity index (χ1n) is 3.84. The largest absolute Gasteiger partial charge is 1.00 e. The van der Waals surface area contributed by atoms with Crippen molar-refractivity contribution in [3.8, 4) is 0 Å². The molecule has 0 atom stereocenters. The molecule has 0 nitrogen and oxygen atoms in total. The second kappa shape index (κ2) is 8.39. The Labute approximate surface area is 117 Å². The summed E-state index contributed by atoms with van der Waals surface area (Å²) in [6.07, 6.45) is 0. The molecule has 0 aliphatic rings. The van der Waals surface area contributed by atoms with Crippen LogP contribution in [0.3, 0.4) is 0 Å². The van der Waals surface area contributed by atoms with Crippen LogP contribution in [-0.2, 0) is 0 Å². The van der Waals surface area contributed by atoms with E-state index in [0.29, 0.717) is 5.56 Å². The topological polar surface area (TPSA) is 0 Å². The van der Waals surface area contributed by atoms with Gasteiger partial charge in [-0.2, -0.15) is 17.7 Å². The molecule has 0 saturated carbocycles. The molecule has 1 aromatic carbocycles. The monoisotopic (exact) mass is 192 g/mol. The van der Waals surface area contributed by atoms with E-state index in [1.807, 2.05) is 20.8 Å². The van der Waals surface area contributed by atoms with E-state index < -0.39 is 0 Å². The van der Waals surface area contributed by atoms with Gasteiger partial charge in [0.2, 0.25) is 0 Å². The molecule has 1 aromatic rings. The number of benzene rings is 1. The van der Waals surface area contributed by atoms with Crippen molar-refractivity contribution in [3.63, 3.8) is 0 Å². The molecule has 62 valence electrons. The molecule has 0 aromatic heterocycles. The van der Waals surface area contributed by atoms with Crippen LogP contribution in [0.15, 0.2) is 12.1 Å². The Hall–Kier alpha value is 0.786. The summed E-state index contributed by atoms with van der Waals surface area (Å²) in [7, 11) is 0. The minimum atomic E-state index is -0.171. The van der Waals surface area contributed by atoms with Crippen LogP contribution in [0.2, 0.25) is 0 Å². The molecule has 0 amide bonds. The molecule has 0 heterocycles. The first kappa shape index (κ1) is 15.3. The summed E-state index contributed by atoms with van der Waals surface area (Å²) in [5.41, 5.74) is 1.67. The van der Waals surface area contributed by atoms with Crippen molar-refractivity contribution in [3.05, 3.63) is 35.1 Å². The van der Waals surface area contributed by atoms with Crippen molar-refractivity contribution < 1.29 is 55.8 Å². The Morgan fingerprint density at radius 1 is 1.17 bits per heavy atom. The Morgan fingerprint density at radius 3 is 2.00 bits per heavy atom. The summed E-state index contributed by atoms with van der Waals surface area (Å²) in [6, 6.07) is 5.82. The van der Waals surface area contributed by atoms with Crippen LogP contribution in [0.5, 0.6) is 0 Å². The molecule has 1 rings (SSSR count). The van der Waals surface area contributed by atoms with Gasteiger partial charge in [0.15, 0.2) is 0 Å². The van der Waals surface area contributed by atoms with E-state index in [2.05, 4.69) is 6.07 Å². The van der Waals surface area contributed by atoms with Gasteiger partial charge >= 0.3 is 51.4 Å². The number of hydrogen-bond donors (Lipinski definition) is 0. The van der Waals surface area contributed by atoms with Gasteiger partial charge in [-0.1, -0.05) is 27.7 Å². The Kier molecular flexibility index (Phi) is 10.7. The third kappa shape index (κ3) is 4.72. The molecule has 0 radical (unpaired) electrons. The minimum Gasteiger partial charge on any atom is -0.284 e. The van der Waals surface area contributed by atoms with E-state index in [1.54, 1.807) is 13.0 Å². The predicted molar refractivity (Wildman–Crippen MR) is 46.1 cm³/mol. The van der Waals surface area contributed by atoms with Gasteiger partial charge in [0.05, 0.1) is 0 Å². The average Bonchev–Trinajstić information content (AvgIpc) is 2.04. The van der Waals surface area contributed by atoms with Gasteiger partial charge in [0.25, 0.3) is 0 Å². The number of halogens is 1. The molecule has 0 saturated heterocycles. The Bertz CT molecular complexity index is 201. The molecule has 2 heteroatoms. The maximum absolute atomic E-state index is 12.5. The molecule has 0 aliphatic heterocycles. The van der Waals surface area contributed by atoms with Crippen molar-refractivity contribution in [1.82, 2.24) is 0 Å². The van der Waals surface area contributed by atoms with E-state index in [9.17, 15) is 4.39 Å². The van der Waals surface area contributed by atoms with Crippen molar-refractivity contribution in [2.75, 3.05) is 0 Å². The normalized spacial score (nSPS) is 7.75. The molecule has 0 spiro atoms. The molecule has 0 bridgehead atoms. The van der Waals surface area contributed by atoms with E-state index in [-0.39, 0.29) is 57.2 Å². The Balaban J connectivity index is 0. The van der Waals surface area contributed by atoms with Crippen LogP contribution >= 0.6 is 0 Å². The van der Waals surface area contributed by atoms with E-state index in [0.717, 1.165) is 5.56 Å². The van der Waals surface area contributed by atoms with Gasteiger partial charge in [-0.05, 0) is 0 Å². The van der Waals surface area contributed by atoms with Crippen molar-refractivity contribution in [2.45, 2.75) is 27.7 Å². The van der Waals surface area contributed by atoms with E-state index in [4.69, 9.17) is 0 Å². The molecule has 0 fully saturated rings. The van der Waals surface area contributed by atoms with Crippen LogP contribution in [0, 0.1) is 25.7 Å². The molecular weight excluding hydrogens is 178 g/mol. The maximum atomic E-state index is 12.5. The second-order valence-electron chi connectivity index (χ2n) is 2.11. The average molecular weight is 192 g/mol. The van der Waals surface area contributed by atoms with Crippen molar-refractivity contribution >= 4 is 0 Å². The second-order valence-corrected chi connectivity index (χ2v) is 2.11. The van der Waals surface area contributed by atoms with Gasteiger partial charge in [-0.15, -0.1) is 11.6 Å². The molecule has 0 aliphatic carbocycles. The minimum absolute atomic E-state index is 0. The van der Waals surface area contributed by atoms with E-state index in [1.165, 1.54) is 6.07 Å². The molecule has 0 unspecified atom stereocenters. The van der Waals surface area contributed by atoms with Crippen molar-refractivity contribution in [2.24, 2.45) is 0 Å². The zero-order valence-electron chi connectivity index (χ0n) is 8.53. The Morgan fingerprint density at radius 2 is 1.67 bits per heavy atom. The van der Waals surface area contributed by atoms with Gasteiger partial charge in [-0.25, -0.2) is 0 Å². The summed E-state index contributed by atoms with van der Waals surface area (Å²) in [6.45, 7) is 7.63. The molecule has 0 N–H and O–H groups in total. The number of hydrogen-bond acceptors (Lipinski definition) is 0.